The van der Waals surface area contributed by atoms with Crippen LogP contribution in [0.1, 0.15) is 10.4 Å². The number of nitrogens with one attached hydrogen (secondary N) is 1. The molecule has 3 N–H and O–H groups in total. The summed E-state index contributed by atoms with van der Waals surface area (Å²) in [6, 6.07) is 10.2. The van der Waals surface area contributed by atoms with Crippen LogP contribution in [0.25, 0.3) is 0 Å². The van der Waals surface area contributed by atoms with Gasteiger partial charge in [0.15, 0.2) is 0 Å². The molecule has 0 fully saturated rings. The molecule has 0 radical (unpaired) electrons. The zero-order valence-electron chi connectivity index (χ0n) is 9.45. The molecule has 17 heavy (non-hydrogen) atoms. The first-order valence-corrected chi connectivity index (χ1v) is 7.19. The van der Waals surface area contributed by atoms with Crippen molar-refractivity contribution in [3.05, 3.63) is 50.6 Å². The average Bonchev–Trinajstić information content (AvgIpc) is 2.73. The predicted octanol–water partition coefficient (Wildman–Crippen LogP) is 3.43. The van der Waals surface area contributed by atoms with Gasteiger partial charge in [-0.05, 0) is 46.1 Å². The van der Waals surface area contributed by atoms with E-state index >= 15 is 0 Å². The number of anilines is 1. The third-order valence-electron chi connectivity index (χ3n) is 2.48. The van der Waals surface area contributed by atoms with Crippen LogP contribution in [0, 0.1) is 0 Å². The number of nitrogens with two attached hydrogens (primary N) is 1. The Morgan fingerprint density at radius 3 is 2.65 bits per heavy atom. The molecule has 2 aromatic rings. The first-order valence-electron chi connectivity index (χ1n) is 5.52. The van der Waals surface area contributed by atoms with E-state index in [2.05, 4.69) is 44.8 Å². The molecular formula is C13H15BrN2S. The van der Waals surface area contributed by atoms with Gasteiger partial charge in [0.1, 0.15) is 0 Å². The fourth-order valence-electron chi connectivity index (χ4n) is 1.56. The summed E-state index contributed by atoms with van der Waals surface area (Å²) in [6.45, 7) is 1.89. The third kappa shape index (κ3) is 4.15. The van der Waals surface area contributed by atoms with Gasteiger partial charge in [-0.15, -0.1) is 11.3 Å². The van der Waals surface area contributed by atoms with Gasteiger partial charge in [-0.3, -0.25) is 0 Å². The van der Waals surface area contributed by atoms with Crippen molar-refractivity contribution in [2.45, 2.75) is 13.0 Å². The Balaban J connectivity index is 1.71. The highest BCUT2D eigenvalue weighted by atomic mass is 79.9. The molecule has 0 saturated carbocycles. The number of benzene rings is 1. The lowest BCUT2D eigenvalue weighted by Crippen LogP contribution is -2.16. The Bertz CT molecular complexity index is 465. The Labute approximate surface area is 114 Å². The van der Waals surface area contributed by atoms with Gasteiger partial charge in [0.2, 0.25) is 0 Å². The number of thiophene rings is 1. The molecule has 0 atom stereocenters. The number of nitrogen functional groups attached to an aromatic ring is 1. The van der Waals surface area contributed by atoms with Crippen LogP contribution in [-0.2, 0) is 13.0 Å². The second-order valence-corrected chi connectivity index (χ2v) is 5.81. The van der Waals surface area contributed by atoms with E-state index < -0.39 is 0 Å². The summed E-state index contributed by atoms with van der Waals surface area (Å²) in [5.41, 5.74) is 7.72. The quantitative estimate of drug-likeness (QED) is 0.656. The Morgan fingerprint density at radius 2 is 2.00 bits per heavy atom. The first kappa shape index (κ1) is 12.6. The molecule has 0 unspecified atom stereocenters. The van der Waals surface area contributed by atoms with Crippen LogP contribution in [-0.4, -0.2) is 6.54 Å². The summed E-state index contributed by atoms with van der Waals surface area (Å²) in [4.78, 5) is 1.40. The second kappa shape index (κ2) is 6.19. The summed E-state index contributed by atoms with van der Waals surface area (Å²) in [6.07, 6.45) is 1.07. The van der Waals surface area contributed by atoms with Crippen molar-refractivity contribution in [2.24, 2.45) is 0 Å². The number of halogens is 1. The van der Waals surface area contributed by atoms with Crippen molar-refractivity contribution < 1.29 is 0 Å². The molecule has 0 saturated heterocycles. The largest absolute Gasteiger partial charge is 0.399 e. The van der Waals surface area contributed by atoms with Gasteiger partial charge < -0.3 is 11.1 Å². The first-order chi connectivity index (χ1) is 8.24. The van der Waals surface area contributed by atoms with Gasteiger partial charge in [0.25, 0.3) is 0 Å². The average molecular weight is 311 g/mol. The molecular weight excluding hydrogens is 296 g/mol. The van der Waals surface area contributed by atoms with Gasteiger partial charge in [-0.2, -0.15) is 0 Å². The molecule has 0 bridgehead atoms. The summed E-state index contributed by atoms with van der Waals surface area (Å²) < 4.78 is 1.18. The highest BCUT2D eigenvalue weighted by Crippen LogP contribution is 2.19. The van der Waals surface area contributed by atoms with Gasteiger partial charge in [-0.25, -0.2) is 0 Å². The summed E-state index contributed by atoms with van der Waals surface area (Å²) in [7, 11) is 0. The molecule has 1 heterocycles. The molecule has 0 spiro atoms. The van der Waals surface area contributed by atoms with Gasteiger partial charge in [-0.1, -0.05) is 12.1 Å². The highest BCUT2D eigenvalue weighted by molar-refractivity contribution is 9.10. The Kier molecular flexibility index (Phi) is 4.59. The maximum atomic E-state index is 5.64. The zero-order valence-corrected chi connectivity index (χ0v) is 11.9. The van der Waals surface area contributed by atoms with E-state index in [0.717, 1.165) is 25.2 Å². The Hall–Kier alpha value is -0.840. The maximum Gasteiger partial charge on any atom is 0.0314 e. The molecule has 1 aromatic carbocycles. The van der Waals surface area contributed by atoms with Crippen LogP contribution in [0.2, 0.25) is 0 Å². The number of hydrogen-bond acceptors (Lipinski definition) is 3. The van der Waals surface area contributed by atoms with E-state index in [-0.39, 0.29) is 0 Å². The van der Waals surface area contributed by atoms with Crippen molar-refractivity contribution in [1.82, 2.24) is 5.32 Å². The van der Waals surface area contributed by atoms with Crippen molar-refractivity contribution in [2.75, 3.05) is 12.3 Å². The van der Waals surface area contributed by atoms with Crippen LogP contribution in [0.3, 0.4) is 0 Å². The maximum absolute atomic E-state index is 5.64. The fourth-order valence-corrected chi connectivity index (χ4v) is 3.02. The molecule has 90 valence electrons. The molecule has 2 rings (SSSR count). The fraction of sp³-hybridized carbons (Fsp3) is 0.231. The monoisotopic (exact) mass is 310 g/mol. The SMILES string of the molecule is Nc1ccc(CNCCc2cc(Br)cs2)cc1. The van der Waals surface area contributed by atoms with E-state index in [4.69, 9.17) is 5.73 Å². The topological polar surface area (TPSA) is 38.0 Å². The molecule has 4 heteroatoms. The molecule has 0 aliphatic heterocycles. The standard InChI is InChI=1S/C13H15BrN2S/c14-11-7-13(17-9-11)5-6-16-8-10-1-3-12(15)4-2-10/h1-4,7,9,16H,5-6,8,15H2. The zero-order chi connectivity index (χ0) is 12.1. The van der Waals surface area contributed by atoms with Gasteiger partial charge in [0, 0.05) is 33.5 Å². The van der Waals surface area contributed by atoms with Crippen molar-refractivity contribution >= 4 is 33.0 Å². The normalized spacial score (nSPS) is 10.6. The molecule has 0 aliphatic carbocycles. The van der Waals surface area contributed by atoms with Crippen molar-refractivity contribution in [1.29, 1.82) is 0 Å². The summed E-state index contributed by atoms with van der Waals surface area (Å²) in [5.74, 6) is 0. The van der Waals surface area contributed by atoms with Crippen LogP contribution in [0.4, 0.5) is 5.69 Å². The van der Waals surface area contributed by atoms with Crippen LogP contribution in [0.15, 0.2) is 40.2 Å². The van der Waals surface area contributed by atoms with E-state index in [9.17, 15) is 0 Å². The third-order valence-corrected chi connectivity index (χ3v) is 4.24. The number of rotatable bonds is 5. The molecule has 2 nitrogen and oxygen atoms in total. The Morgan fingerprint density at radius 1 is 1.24 bits per heavy atom. The lowest BCUT2D eigenvalue weighted by atomic mass is 10.2. The predicted molar refractivity (Wildman–Crippen MR) is 78.3 cm³/mol. The second-order valence-electron chi connectivity index (χ2n) is 3.90. The van der Waals surface area contributed by atoms with E-state index in [1.165, 1.54) is 14.9 Å². The van der Waals surface area contributed by atoms with Crippen molar-refractivity contribution in [3.8, 4) is 0 Å². The van der Waals surface area contributed by atoms with Crippen LogP contribution >= 0.6 is 27.3 Å². The summed E-state index contributed by atoms with van der Waals surface area (Å²) >= 11 is 5.26. The minimum absolute atomic E-state index is 0.817. The molecule has 1 aromatic heterocycles. The molecule has 0 amide bonds. The minimum atomic E-state index is 0.817. The van der Waals surface area contributed by atoms with Gasteiger partial charge in [0.05, 0.1) is 0 Å². The van der Waals surface area contributed by atoms with Crippen molar-refractivity contribution in [3.63, 3.8) is 0 Å². The number of hydrogen-bond donors (Lipinski definition) is 2. The van der Waals surface area contributed by atoms with Gasteiger partial charge >= 0.3 is 0 Å². The molecule has 0 aliphatic rings. The van der Waals surface area contributed by atoms with Crippen LogP contribution < -0.4 is 11.1 Å². The highest BCUT2D eigenvalue weighted by Gasteiger charge is 1.97. The minimum Gasteiger partial charge on any atom is -0.399 e. The lowest BCUT2D eigenvalue weighted by molar-refractivity contribution is 0.690. The van der Waals surface area contributed by atoms with Crippen LogP contribution in [0.5, 0.6) is 0 Å². The van der Waals surface area contributed by atoms with E-state index in [1.54, 1.807) is 11.3 Å². The smallest absolute Gasteiger partial charge is 0.0314 e. The lowest BCUT2D eigenvalue weighted by Gasteiger charge is -2.04. The summed E-state index contributed by atoms with van der Waals surface area (Å²) in [5, 5.41) is 5.55. The van der Waals surface area contributed by atoms with E-state index in [1.807, 2.05) is 12.1 Å². The van der Waals surface area contributed by atoms with E-state index in [0.29, 0.717) is 0 Å².